The molecular weight excluding hydrogens is 434 g/mol. The molecule has 1 nitrogen and oxygen atoms in total. The van der Waals surface area contributed by atoms with Crippen LogP contribution in [0.15, 0.2) is 133 Å². The monoisotopic (exact) mass is 459 g/mol. The van der Waals surface area contributed by atoms with E-state index in [-0.39, 0.29) is 0 Å². The van der Waals surface area contributed by atoms with Crippen LogP contribution in [-0.2, 0) is 0 Å². The second kappa shape index (κ2) is 8.25. The van der Waals surface area contributed by atoms with E-state index in [4.69, 9.17) is 0 Å². The molecule has 1 heterocycles. The zero-order chi connectivity index (χ0) is 24.1. The zero-order valence-electron chi connectivity index (χ0n) is 20.1. The number of benzene rings is 6. The van der Waals surface area contributed by atoms with E-state index in [9.17, 15) is 0 Å². The standard InChI is InChI=1S/C35H25N/c1-24-10-8-13-26(22-24)28-14-4-5-15-29(28)27-20-21-32-31-17-6-7-18-34(31)36(35(32)23-27)33-19-9-12-25-11-2-3-16-30(25)33/h2-23H,1H3. The van der Waals surface area contributed by atoms with Crippen molar-refractivity contribution in [2.75, 3.05) is 0 Å². The van der Waals surface area contributed by atoms with Gasteiger partial charge in [0.1, 0.15) is 0 Å². The fraction of sp³-hybridized carbons (Fsp3) is 0.0286. The second-order valence-corrected chi connectivity index (χ2v) is 9.50. The highest BCUT2D eigenvalue weighted by molar-refractivity contribution is 6.11. The molecule has 0 aliphatic carbocycles. The summed E-state index contributed by atoms with van der Waals surface area (Å²) in [4.78, 5) is 0. The summed E-state index contributed by atoms with van der Waals surface area (Å²) in [6.45, 7) is 2.15. The van der Waals surface area contributed by atoms with Gasteiger partial charge >= 0.3 is 0 Å². The van der Waals surface area contributed by atoms with Crippen LogP contribution >= 0.6 is 0 Å². The van der Waals surface area contributed by atoms with Gasteiger partial charge in [-0.3, -0.25) is 0 Å². The van der Waals surface area contributed by atoms with Crippen LogP contribution in [0.1, 0.15) is 5.56 Å². The van der Waals surface area contributed by atoms with Crippen LogP contribution in [0.5, 0.6) is 0 Å². The van der Waals surface area contributed by atoms with Crippen molar-refractivity contribution in [2.45, 2.75) is 6.92 Å². The molecule has 1 heteroatoms. The van der Waals surface area contributed by atoms with Crippen molar-refractivity contribution >= 4 is 32.6 Å². The maximum atomic E-state index is 2.44. The van der Waals surface area contributed by atoms with Crippen LogP contribution in [0.3, 0.4) is 0 Å². The predicted molar refractivity (Wildman–Crippen MR) is 154 cm³/mol. The minimum atomic E-state index is 1.21. The van der Waals surface area contributed by atoms with E-state index in [0.717, 1.165) is 0 Å². The first-order chi connectivity index (χ1) is 17.8. The van der Waals surface area contributed by atoms with Gasteiger partial charge < -0.3 is 4.57 Å². The molecule has 0 radical (unpaired) electrons. The highest BCUT2D eigenvalue weighted by atomic mass is 15.0. The Kier molecular flexibility index (Phi) is 4.75. The van der Waals surface area contributed by atoms with Crippen molar-refractivity contribution in [2.24, 2.45) is 0 Å². The molecular formula is C35H25N. The number of para-hydroxylation sites is 1. The third kappa shape index (κ3) is 3.25. The van der Waals surface area contributed by atoms with Gasteiger partial charge in [-0.25, -0.2) is 0 Å². The lowest BCUT2D eigenvalue weighted by Gasteiger charge is -2.14. The second-order valence-electron chi connectivity index (χ2n) is 9.50. The van der Waals surface area contributed by atoms with Crippen LogP contribution < -0.4 is 0 Å². The van der Waals surface area contributed by atoms with Gasteiger partial charge in [-0.2, -0.15) is 0 Å². The van der Waals surface area contributed by atoms with Crippen molar-refractivity contribution in [3.05, 3.63) is 139 Å². The molecule has 0 atom stereocenters. The van der Waals surface area contributed by atoms with Gasteiger partial charge in [0.2, 0.25) is 0 Å². The molecule has 170 valence electrons. The number of hydrogen-bond acceptors (Lipinski definition) is 0. The van der Waals surface area contributed by atoms with Gasteiger partial charge in [-0.1, -0.05) is 121 Å². The van der Waals surface area contributed by atoms with Crippen molar-refractivity contribution in [3.8, 4) is 27.9 Å². The number of aryl methyl sites for hydroxylation is 1. The quantitative estimate of drug-likeness (QED) is 0.248. The van der Waals surface area contributed by atoms with E-state index in [0.29, 0.717) is 0 Å². The fourth-order valence-corrected chi connectivity index (χ4v) is 5.60. The number of nitrogens with zero attached hydrogens (tertiary/aromatic N) is 1. The van der Waals surface area contributed by atoms with Crippen LogP contribution in [0.25, 0.3) is 60.5 Å². The number of hydrogen-bond donors (Lipinski definition) is 0. The van der Waals surface area contributed by atoms with E-state index >= 15 is 0 Å². The Balaban J connectivity index is 1.54. The average Bonchev–Trinajstić information content (AvgIpc) is 3.26. The van der Waals surface area contributed by atoms with Crippen molar-refractivity contribution in [3.63, 3.8) is 0 Å². The molecule has 0 bridgehead atoms. The van der Waals surface area contributed by atoms with E-state index < -0.39 is 0 Å². The predicted octanol–water partition coefficient (Wildman–Crippen LogP) is 9.58. The Hall–Kier alpha value is -4.62. The SMILES string of the molecule is Cc1cccc(-c2ccccc2-c2ccc3c4ccccc4n(-c4cccc5ccccc45)c3c2)c1. The lowest BCUT2D eigenvalue weighted by atomic mass is 9.93. The normalized spacial score (nSPS) is 11.5. The molecule has 0 aliphatic heterocycles. The summed E-state index contributed by atoms with van der Waals surface area (Å²) in [7, 11) is 0. The van der Waals surface area contributed by atoms with Gasteiger partial charge in [0.15, 0.2) is 0 Å². The average molecular weight is 460 g/mol. The van der Waals surface area contributed by atoms with E-state index in [1.54, 1.807) is 0 Å². The Bertz CT molecular complexity index is 1900. The largest absolute Gasteiger partial charge is 0.309 e. The van der Waals surface area contributed by atoms with Gasteiger partial charge in [0, 0.05) is 16.2 Å². The van der Waals surface area contributed by atoms with Gasteiger partial charge in [0.05, 0.1) is 16.7 Å². The molecule has 7 aromatic rings. The van der Waals surface area contributed by atoms with Gasteiger partial charge in [-0.05, 0) is 52.8 Å². The highest BCUT2D eigenvalue weighted by Crippen LogP contribution is 2.39. The molecule has 0 unspecified atom stereocenters. The molecule has 36 heavy (non-hydrogen) atoms. The third-order valence-electron chi connectivity index (χ3n) is 7.25. The Morgan fingerprint density at radius 1 is 0.444 bits per heavy atom. The summed E-state index contributed by atoms with van der Waals surface area (Å²) < 4.78 is 2.44. The van der Waals surface area contributed by atoms with Gasteiger partial charge in [-0.15, -0.1) is 0 Å². The summed E-state index contributed by atoms with van der Waals surface area (Å²) >= 11 is 0. The lowest BCUT2D eigenvalue weighted by molar-refractivity contribution is 1.20. The molecule has 0 fully saturated rings. The summed E-state index contributed by atoms with van der Waals surface area (Å²) in [5.41, 5.74) is 9.92. The third-order valence-corrected chi connectivity index (χ3v) is 7.25. The van der Waals surface area contributed by atoms with Crippen LogP contribution in [0, 0.1) is 6.92 Å². The number of aromatic nitrogens is 1. The smallest absolute Gasteiger partial charge is 0.0547 e. The Morgan fingerprint density at radius 3 is 1.92 bits per heavy atom. The molecule has 0 saturated carbocycles. The minimum Gasteiger partial charge on any atom is -0.309 e. The maximum Gasteiger partial charge on any atom is 0.0547 e. The summed E-state index contributed by atoms with van der Waals surface area (Å²) in [6, 6.07) is 48.4. The van der Waals surface area contributed by atoms with E-state index in [1.165, 1.54) is 66.1 Å². The summed E-state index contributed by atoms with van der Waals surface area (Å²) in [5, 5.41) is 5.06. The molecule has 0 aliphatic rings. The van der Waals surface area contributed by atoms with Crippen LogP contribution in [-0.4, -0.2) is 4.57 Å². The van der Waals surface area contributed by atoms with Gasteiger partial charge in [0.25, 0.3) is 0 Å². The molecule has 0 spiro atoms. The van der Waals surface area contributed by atoms with Crippen molar-refractivity contribution < 1.29 is 0 Å². The summed E-state index contributed by atoms with van der Waals surface area (Å²) in [5.74, 6) is 0. The van der Waals surface area contributed by atoms with Crippen molar-refractivity contribution in [1.82, 2.24) is 4.57 Å². The van der Waals surface area contributed by atoms with Crippen LogP contribution in [0.4, 0.5) is 0 Å². The molecule has 7 rings (SSSR count). The first-order valence-corrected chi connectivity index (χ1v) is 12.5. The number of rotatable bonds is 3. The highest BCUT2D eigenvalue weighted by Gasteiger charge is 2.16. The molecule has 1 aromatic heterocycles. The molecule has 0 saturated heterocycles. The molecule has 0 N–H and O–H groups in total. The Morgan fingerprint density at radius 2 is 1.08 bits per heavy atom. The Labute approximate surface area is 210 Å². The topological polar surface area (TPSA) is 4.93 Å². The molecule has 0 amide bonds. The number of fused-ring (bicyclic) bond motifs is 4. The summed E-state index contributed by atoms with van der Waals surface area (Å²) in [6.07, 6.45) is 0. The fourth-order valence-electron chi connectivity index (χ4n) is 5.60. The first-order valence-electron chi connectivity index (χ1n) is 12.5. The zero-order valence-corrected chi connectivity index (χ0v) is 20.1. The minimum absolute atomic E-state index is 1.21. The lowest BCUT2D eigenvalue weighted by Crippen LogP contribution is -1.95. The first kappa shape index (κ1) is 20.7. The van der Waals surface area contributed by atoms with E-state index in [2.05, 4.69) is 145 Å². The van der Waals surface area contributed by atoms with E-state index in [1.807, 2.05) is 0 Å². The van der Waals surface area contributed by atoms with Crippen molar-refractivity contribution in [1.29, 1.82) is 0 Å². The molecule has 6 aromatic carbocycles. The van der Waals surface area contributed by atoms with Crippen LogP contribution in [0.2, 0.25) is 0 Å². The maximum absolute atomic E-state index is 2.44.